The summed E-state index contributed by atoms with van der Waals surface area (Å²) < 4.78 is 73.9. The number of carbonyl (C=O) groups is 1. The van der Waals surface area contributed by atoms with E-state index in [-0.39, 0.29) is 36.6 Å². The summed E-state index contributed by atoms with van der Waals surface area (Å²) in [6.07, 6.45) is -4.85. The molecular weight excluding hydrogens is 451 g/mol. The Labute approximate surface area is 183 Å². The normalized spacial score (nSPS) is 15.2. The Morgan fingerprint density at radius 3 is 2.19 bits per heavy atom. The zero-order valence-electron chi connectivity index (χ0n) is 16.9. The van der Waals surface area contributed by atoms with E-state index in [1.807, 2.05) is 0 Å². The second kappa shape index (κ2) is 10.2. The number of rotatable bonds is 7. The van der Waals surface area contributed by atoms with Gasteiger partial charge in [0.05, 0.1) is 18.1 Å². The second-order valence-electron chi connectivity index (χ2n) is 6.82. The van der Waals surface area contributed by atoms with E-state index < -0.39 is 28.2 Å². The molecule has 1 saturated heterocycles. The fourth-order valence-corrected chi connectivity index (χ4v) is 4.75. The molecule has 0 aromatic heterocycles. The van der Waals surface area contributed by atoms with Gasteiger partial charge in [-0.15, -0.1) is 13.2 Å². The van der Waals surface area contributed by atoms with Gasteiger partial charge in [-0.2, -0.15) is 4.31 Å². The third kappa shape index (κ3) is 6.34. The Morgan fingerprint density at radius 1 is 0.969 bits per heavy atom. The number of urea groups is 1. The van der Waals surface area contributed by atoms with Crippen LogP contribution in [-0.4, -0.2) is 51.4 Å². The SMILES string of the molecule is O=C(NCc1ccccc1OC(F)(F)F)NCc1ccccc1S(=O)(=O)N1CCOCC1. The van der Waals surface area contributed by atoms with E-state index in [2.05, 4.69) is 15.4 Å². The summed E-state index contributed by atoms with van der Waals surface area (Å²) in [5.41, 5.74) is 0.519. The number of carbonyl (C=O) groups excluding carboxylic acids is 1. The van der Waals surface area contributed by atoms with Crippen molar-refractivity contribution < 1.29 is 35.9 Å². The summed E-state index contributed by atoms with van der Waals surface area (Å²) in [6.45, 7) is 0.787. The van der Waals surface area contributed by atoms with E-state index in [4.69, 9.17) is 4.74 Å². The predicted octanol–water partition coefficient (Wildman–Crippen LogP) is 2.61. The maximum atomic E-state index is 13.0. The highest BCUT2D eigenvalue weighted by Crippen LogP contribution is 2.26. The summed E-state index contributed by atoms with van der Waals surface area (Å²) >= 11 is 0. The Hall–Kier alpha value is -2.83. The van der Waals surface area contributed by atoms with Gasteiger partial charge in [-0.05, 0) is 17.7 Å². The van der Waals surface area contributed by atoms with Crippen LogP contribution in [0.4, 0.5) is 18.0 Å². The fraction of sp³-hybridized carbons (Fsp3) is 0.350. The molecule has 8 nitrogen and oxygen atoms in total. The van der Waals surface area contributed by atoms with Crippen LogP contribution in [0.2, 0.25) is 0 Å². The number of halogens is 3. The number of para-hydroxylation sites is 1. The topological polar surface area (TPSA) is 97.0 Å². The number of alkyl halides is 3. The Balaban J connectivity index is 1.62. The third-order valence-corrected chi connectivity index (χ3v) is 6.64. The van der Waals surface area contributed by atoms with Crippen LogP contribution in [0.5, 0.6) is 5.75 Å². The first-order chi connectivity index (χ1) is 15.2. The lowest BCUT2D eigenvalue weighted by molar-refractivity contribution is -0.274. The molecular formula is C20H22F3N3O5S. The van der Waals surface area contributed by atoms with Gasteiger partial charge in [0.15, 0.2) is 0 Å². The van der Waals surface area contributed by atoms with Gasteiger partial charge in [0.2, 0.25) is 10.0 Å². The number of nitrogens with one attached hydrogen (secondary N) is 2. The minimum absolute atomic E-state index is 0.0751. The van der Waals surface area contributed by atoms with Crippen LogP contribution >= 0.6 is 0 Å². The van der Waals surface area contributed by atoms with E-state index in [0.717, 1.165) is 6.07 Å². The van der Waals surface area contributed by atoms with Gasteiger partial charge < -0.3 is 20.1 Å². The number of amides is 2. The summed E-state index contributed by atoms with van der Waals surface area (Å²) in [4.78, 5) is 12.3. The number of ether oxygens (including phenoxy) is 2. The van der Waals surface area contributed by atoms with Crippen molar-refractivity contribution in [1.29, 1.82) is 0 Å². The highest BCUT2D eigenvalue weighted by molar-refractivity contribution is 7.89. The lowest BCUT2D eigenvalue weighted by Gasteiger charge is -2.27. The number of hydrogen-bond acceptors (Lipinski definition) is 5. The molecule has 3 rings (SSSR count). The van der Waals surface area contributed by atoms with Crippen molar-refractivity contribution in [3.63, 3.8) is 0 Å². The molecule has 12 heteroatoms. The van der Waals surface area contributed by atoms with E-state index in [1.54, 1.807) is 18.2 Å². The minimum Gasteiger partial charge on any atom is -0.405 e. The number of nitrogens with zero attached hydrogens (tertiary/aromatic N) is 1. The van der Waals surface area contributed by atoms with Crippen molar-refractivity contribution >= 4 is 16.1 Å². The fourth-order valence-electron chi connectivity index (χ4n) is 3.12. The summed E-state index contributed by atoms with van der Waals surface area (Å²) in [5.74, 6) is -0.415. The largest absolute Gasteiger partial charge is 0.573 e. The van der Waals surface area contributed by atoms with Crippen molar-refractivity contribution in [3.8, 4) is 5.75 Å². The van der Waals surface area contributed by atoms with Gasteiger partial charge in [-0.1, -0.05) is 36.4 Å². The van der Waals surface area contributed by atoms with E-state index in [0.29, 0.717) is 18.8 Å². The lowest BCUT2D eigenvalue weighted by atomic mass is 10.2. The quantitative estimate of drug-likeness (QED) is 0.645. The number of hydrogen-bond donors (Lipinski definition) is 2. The molecule has 2 amide bonds. The molecule has 0 bridgehead atoms. The molecule has 2 aromatic carbocycles. The maximum absolute atomic E-state index is 13.0. The first kappa shape index (κ1) is 23.8. The summed E-state index contributed by atoms with van der Waals surface area (Å²) in [6, 6.07) is 11.1. The van der Waals surface area contributed by atoms with Gasteiger partial charge in [-0.25, -0.2) is 13.2 Å². The lowest BCUT2D eigenvalue weighted by Crippen LogP contribution is -2.41. The van der Waals surface area contributed by atoms with Crippen molar-refractivity contribution in [2.75, 3.05) is 26.3 Å². The molecule has 32 heavy (non-hydrogen) atoms. The Kier molecular flexibility index (Phi) is 7.59. The van der Waals surface area contributed by atoms with Crippen molar-refractivity contribution in [1.82, 2.24) is 14.9 Å². The van der Waals surface area contributed by atoms with Gasteiger partial charge >= 0.3 is 12.4 Å². The number of benzene rings is 2. The zero-order valence-corrected chi connectivity index (χ0v) is 17.7. The van der Waals surface area contributed by atoms with Crippen LogP contribution in [0.1, 0.15) is 11.1 Å². The molecule has 0 atom stereocenters. The molecule has 174 valence electrons. The smallest absolute Gasteiger partial charge is 0.405 e. The predicted molar refractivity (Wildman–Crippen MR) is 108 cm³/mol. The Bertz CT molecular complexity index is 1040. The van der Waals surface area contributed by atoms with Crippen LogP contribution in [0, 0.1) is 0 Å². The zero-order chi connectivity index (χ0) is 23.2. The third-order valence-electron chi connectivity index (χ3n) is 4.64. The van der Waals surface area contributed by atoms with Crippen LogP contribution < -0.4 is 15.4 Å². The van der Waals surface area contributed by atoms with Crippen LogP contribution in [0.3, 0.4) is 0 Å². The minimum atomic E-state index is -4.85. The number of sulfonamides is 1. The monoisotopic (exact) mass is 473 g/mol. The molecule has 2 N–H and O–H groups in total. The van der Waals surface area contributed by atoms with E-state index in [1.165, 1.54) is 28.6 Å². The van der Waals surface area contributed by atoms with Crippen molar-refractivity contribution in [2.45, 2.75) is 24.3 Å². The second-order valence-corrected chi connectivity index (χ2v) is 8.72. The van der Waals surface area contributed by atoms with Gasteiger partial charge in [0.1, 0.15) is 5.75 Å². The standard InChI is InChI=1S/C20H22F3N3O5S/c21-20(22,23)31-17-7-3-1-5-15(17)13-24-19(27)25-14-16-6-2-4-8-18(16)32(28,29)26-9-11-30-12-10-26/h1-8H,9-14H2,(H2,24,25,27). The first-order valence-electron chi connectivity index (χ1n) is 9.68. The van der Waals surface area contributed by atoms with Crippen LogP contribution in [0.15, 0.2) is 53.4 Å². The van der Waals surface area contributed by atoms with E-state index >= 15 is 0 Å². The van der Waals surface area contributed by atoms with Gasteiger partial charge in [0, 0.05) is 31.7 Å². The molecule has 0 saturated carbocycles. The first-order valence-corrected chi connectivity index (χ1v) is 11.1. The Morgan fingerprint density at radius 2 is 1.53 bits per heavy atom. The van der Waals surface area contributed by atoms with Crippen molar-refractivity contribution in [3.05, 3.63) is 59.7 Å². The van der Waals surface area contributed by atoms with Gasteiger partial charge in [-0.3, -0.25) is 0 Å². The molecule has 1 fully saturated rings. The molecule has 0 radical (unpaired) electrons. The highest BCUT2D eigenvalue weighted by Gasteiger charge is 2.32. The van der Waals surface area contributed by atoms with Gasteiger partial charge in [0.25, 0.3) is 0 Å². The van der Waals surface area contributed by atoms with E-state index in [9.17, 15) is 26.4 Å². The molecule has 1 aliphatic rings. The van der Waals surface area contributed by atoms with Crippen LogP contribution in [-0.2, 0) is 27.8 Å². The summed E-state index contributed by atoms with van der Waals surface area (Å²) in [7, 11) is -3.76. The molecule has 0 unspecified atom stereocenters. The molecule has 2 aromatic rings. The highest BCUT2D eigenvalue weighted by atomic mass is 32.2. The summed E-state index contributed by atoms with van der Waals surface area (Å²) in [5, 5.41) is 4.97. The number of morpholine rings is 1. The molecule has 1 heterocycles. The average Bonchev–Trinajstić information content (AvgIpc) is 2.77. The molecule has 0 aliphatic carbocycles. The average molecular weight is 473 g/mol. The van der Waals surface area contributed by atoms with Crippen molar-refractivity contribution in [2.24, 2.45) is 0 Å². The maximum Gasteiger partial charge on any atom is 0.573 e. The van der Waals surface area contributed by atoms with Crippen LogP contribution in [0.25, 0.3) is 0 Å². The molecule has 0 spiro atoms. The molecule has 1 aliphatic heterocycles.